The number of nitrogens with zero attached hydrogens (tertiary/aromatic N) is 2. The summed E-state index contributed by atoms with van der Waals surface area (Å²) in [5.74, 6) is 0. The number of aromatic nitrogens is 1. The van der Waals surface area contributed by atoms with Crippen LogP contribution in [0, 0.1) is 0 Å². The van der Waals surface area contributed by atoms with E-state index in [9.17, 15) is 0 Å². The fourth-order valence-electron chi connectivity index (χ4n) is 6.16. The highest BCUT2D eigenvalue weighted by Gasteiger charge is 2.13. The van der Waals surface area contributed by atoms with E-state index in [2.05, 4.69) is 157 Å². The minimum Gasteiger partial charge on any atom is -0.309 e. The summed E-state index contributed by atoms with van der Waals surface area (Å²) >= 11 is 0. The Morgan fingerprint density at radius 1 is 0.372 bits per heavy atom. The van der Waals surface area contributed by atoms with Crippen LogP contribution in [0.25, 0.3) is 54.7 Å². The summed E-state index contributed by atoms with van der Waals surface area (Å²) in [6.07, 6.45) is 1.97. The summed E-state index contributed by atoms with van der Waals surface area (Å²) in [4.78, 5) is 7.15. The molecular formula is C41H28N2. The van der Waals surface area contributed by atoms with Crippen molar-refractivity contribution in [1.29, 1.82) is 0 Å². The van der Waals surface area contributed by atoms with Gasteiger partial charge in [0.1, 0.15) is 0 Å². The highest BCUT2D eigenvalue weighted by atomic mass is 15.1. The van der Waals surface area contributed by atoms with Crippen LogP contribution in [-0.2, 0) is 0 Å². The van der Waals surface area contributed by atoms with E-state index in [4.69, 9.17) is 4.98 Å². The Labute approximate surface area is 251 Å². The first-order valence-corrected chi connectivity index (χ1v) is 14.6. The maximum Gasteiger partial charge on any atom is 0.0703 e. The highest BCUT2D eigenvalue weighted by molar-refractivity contribution is 6.14. The highest BCUT2D eigenvalue weighted by Crippen LogP contribution is 2.37. The van der Waals surface area contributed by atoms with E-state index < -0.39 is 0 Å². The largest absolute Gasteiger partial charge is 0.309 e. The predicted molar refractivity (Wildman–Crippen MR) is 182 cm³/mol. The van der Waals surface area contributed by atoms with Gasteiger partial charge in [-0.2, -0.15) is 0 Å². The molecule has 1 aromatic heterocycles. The van der Waals surface area contributed by atoms with Crippen molar-refractivity contribution >= 4 is 49.4 Å². The molecule has 8 aromatic rings. The summed E-state index contributed by atoms with van der Waals surface area (Å²) in [6, 6.07) is 58.2. The standard InChI is InChI=1S/C41H28N2/c1-3-12-34(13-4-1)43(35-14-5-2-6-15-35)36-23-24-41(42-28-36)33-22-20-29-25-32(21-19-30(29)26-33)40-27-31-11-7-8-16-37(31)38-17-9-10-18-39(38)40/h1-28H. The summed E-state index contributed by atoms with van der Waals surface area (Å²) in [6.45, 7) is 0. The average Bonchev–Trinajstić information content (AvgIpc) is 3.09. The Bertz CT molecular complexity index is 2180. The minimum absolute atomic E-state index is 0.955. The van der Waals surface area contributed by atoms with Gasteiger partial charge in [-0.15, -0.1) is 0 Å². The average molecular weight is 549 g/mol. The topological polar surface area (TPSA) is 16.1 Å². The molecule has 0 radical (unpaired) electrons. The van der Waals surface area contributed by atoms with Crippen LogP contribution in [0.4, 0.5) is 17.1 Å². The van der Waals surface area contributed by atoms with Crippen molar-refractivity contribution in [3.8, 4) is 22.4 Å². The van der Waals surface area contributed by atoms with Crippen LogP contribution >= 0.6 is 0 Å². The molecule has 8 rings (SSSR count). The van der Waals surface area contributed by atoms with Crippen molar-refractivity contribution in [2.75, 3.05) is 4.90 Å². The Morgan fingerprint density at radius 2 is 0.953 bits per heavy atom. The van der Waals surface area contributed by atoms with E-state index in [0.717, 1.165) is 28.3 Å². The number of anilines is 3. The van der Waals surface area contributed by atoms with E-state index in [-0.39, 0.29) is 0 Å². The molecule has 0 atom stereocenters. The fourth-order valence-corrected chi connectivity index (χ4v) is 6.16. The summed E-state index contributed by atoms with van der Waals surface area (Å²) in [5, 5.41) is 7.54. The Hall–Kier alpha value is -5.73. The first-order valence-electron chi connectivity index (χ1n) is 14.6. The molecule has 0 fully saturated rings. The SMILES string of the molecule is c1ccc(N(c2ccccc2)c2ccc(-c3ccc4cc(-c5cc6ccccc6c6ccccc56)ccc4c3)nc2)cc1. The molecule has 43 heavy (non-hydrogen) atoms. The van der Waals surface area contributed by atoms with Gasteiger partial charge in [0.25, 0.3) is 0 Å². The normalized spacial score (nSPS) is 11.3. The third-order valence-electron chi connectivity index (χ3n) is 8.25. The van der Waals surface area contributed by atoms with Crippen LogP contribution in [0.2, 0.25) is 0 Å². The van der Waals surface area contributed by atoms with Crippen molar-refractivity contribution < 1.29 is 0 Å². The lowest BCUT2D eigenvalue weighted by atomic mass is 9.92. The first-order chi connectivity index (χ1) is 21.3. The zero-order valence-electron chi connectivity index (χ0n) is 23.6. The van der Waals surface area contributed by atoms with Gasteiger partial charge in [0.2, 0.25) is 0 Å². The zero-order chi connectivity index (χ0) is 28.6. The molecule has 2 heteroatoms. The molecule has 0 saturated carbocycles. The summed E-state index contributed by atoms with van der Waals surface area (Å²) in [5.41, 5.74) is 7.78. The molecule has 0 N–H and O–H groups in total. The molecule has 0 spiro atoms. The molecule has 0 aliphatic carbocycles. The van der Waals surface area contributed by atoms with E-state index in [1.807, 2.05) is 18.3 Å². The van der Waals surface area contributed by atoms with Crippen LogP contribution in [-0.4, -0.2) is 4.98 Å². The second-order valence-corrected chi connectivity index (χ2v) is 10.9. The van der Waals surface area contributed by atoms with Gasteiger partial charge >= 0.3 is 0 Å². The number of rotatable bonds is 5. The Morgan fingerprint density at radius 3 is 1.63 bits per heavy atom. The van der Waals surface area contributed by atoms with Gasteiger partial charge in [-0.1, -0.05) is 109 Å². The molecule has 0 aliphatic heterocycles. The predicted octanol–water partition coefficient (Wildman–Crippen LogP) is 11.3. The van der Waals surface area contributed by atoms with Gasteiger partial charge in [0.15, 0.2) is 0 Å². The molecule has 0 unspecified atom stereocenters. The molecule has 0 bridgehead atoms. The first kappa shape index (κ1) is 25.0. The third kappa shape index (κ3) is 4.60. The van der Waals surface area contributed by atoms with Crippen molar-refractivity contribution in [3.05, 3.63) is 170 Å². The maximum absolute atomic E-state index is 4.91. The van der Waals surface area contributed by atoms with Crippen molar-refractivity contribution in [1.82, 2.24) is 4.98 Å². The molecular weight excluding hydrogens is 520 g/mol. The smallest absolute Gasteiger partial charge is 0.0703 e. The minimum atomic E-state index is 0.955. The Balaban J connectivity index is 1.15. The monoisotopic (exact) mass is 548 g/mol. The molecule has 0 saturated heterocycles. The number of hydrogen-bond donors (Lipinski definition) is 0. The lowest BCUT2D eigenvalue weighted by Crippen LogP contribution is -2.09. The zero-order valence-corrected chi connectivity index (χ0v) is 23.6. The molecule has 202 valence electrons. The van der Waals surface area contributed by atoms with E-state index in [1.54, 1.807) is 0 Å². The summed E-state index contributed by atoms with van der Waals surface area (Å²) in [7, 11) is 0. The van der Waals surface area contributed by atoms with Crippen LogP contribution in [0.1, 0.15) is 0 Å². The lowest BCUT2D eigenvalue weighted by molar-refractivity contribution is 1.23. The van der Waals surface area contributed by atoms with Crippen molar-refractivity contribution in [2.45, 2.75) is 0 Å². The van der Waals surface area contributed by atoms with Crippen LogP contribution in [0.15, 0.2) is 170 Å². The van der Waals surface area contributed by atoms with Gasteiger partial charge in [0, 0.05) is 16.9 Å². The molecule has 2 nitrogen and oxygen atoms in total. The maximum atomic E-state index is 4.91. The number of pyridine rings is 1. The van der Waals surface area contributed by atoms with Crippen molar-refractivity contribution in [2.24, 2.45) is 0 Å². The van der Waals surface area contributed by atoms with Crippen molar-refractivity contribution in [3.63, 3.8) is 0 Å². The Kier molecular flexibility index (Phi) is 6.16. The fraction of sp³-hybridized carbons (Fsp3) is 0. The number of para-hydroxylation sites is 2. The van der Waals surface area contributed by atoms with Crippen LogP contribution < -0.4 is 4.90 Å². The second-order valence-electron chi connectivity index (χ2n) is 10.9. The third-order valence-corrected chi connectivity index (χ3v) is 8.25. The van der Waals surface area contributed by atoms with Crippen LogP contribution in [0.5, 0.6) is 0 Å². The quantitative estimate of drug-likeness (QED) is 0.199. The van der Waals surface area contributed by atoms with Gasteiger partial charge in [-0.25, -0.2) is 0 Å². The van der Waals surface area contributed by atoms with Gasteiger partial charge < -0.3 is 4.90 Å². The summed E-state index contributed by atoms with van der Waals surface area (Å²) < 4.78 is 0. The number of benzene rings is 7. The van der Waals surface area contributed by atoms with E-state index in [1.165, 1.54) is 43.4 Å². The molecule has 0 amide bonds. The van der Waals surface area contributed by atoms with E-state index >= 15 is 0 Å². The van der Waals surface area contributed by atoms with Gasteiger partial charge in [0.05, 0.1) is 17.6 Å². The van der Waals surface area contributed by atoms with Gasteiger partial charge in [-0.05, 0) is 98.0 Å². The number of hydrogen-bond acceptors (Lipinski definition) is 2. The second kappa shape index (κ2) is 10.6. The van der Waals surface area contributed by atoms with Crippen LogP contribution in [0.3, 0.4) is 0 Å². The molecule has 7 aromatic carbocycles. The lowest BCUT2D eigenvalue weighted by Gasteiger charge is -2.25. The van der Waals surface area contributed by atoms with Gasteiger partial charge in [-0.3, -0.25) is 4.98 Å². The molecule has 1 heterocycles. The molecule has 0 aliphatic rings. The van der Waals surface area contributed by atoms with E-state index in [0.29, 0.717) is 0 Å². The number of fused-ring (bicyclic) bond motifs is 4.